The Bertz CT molecular complexity index is 1860. The van der Waals surface area contributed by atoms with Crippen LogP contribution in [-0.2, 0) is 59.8 Å². The summed E-state index contributed by atoms with van der Waals surface area (Å²) >= 11 is 0. The van der Waals surface area contributed by atoms with E-state index in [4.69, 9.17) is 59.2 Å². The van der Waals surface area contributed by atoms with Crippen LogP contribution in [-0.4, -0.2) is 158 Å². The number of unbranched alkanes of at least 4 members (excludes halogenated alkanes) is 4. The van der Waals surface area contributed by atoms with Crippen molar-refractivity contribution in [3.8, 4) is 11.5 Å². The zero-order valence-electron chi connectivity index (χ0n) is 47.5. The Kier molecular flexibility index (Phi) is 24.5. The van der Waals surface area contributed by atoms with Crippen molar-refractivity contribution in [2.45, 2.75) is 232 Å². The molecule has 0 saturated carbocycles. The number of carbonyl (C=O) groups excluding carboxylic acids is 1. The van der Waals surface area contributed by atoms with Gasteiger partial charge in [-0.3, -0.25) is 4.18 Å². The maximum absolute atomic E-state index is 14.3. The average Bonchev–Trinajstić information content (AvgIpc) is 3.18. The van der Waals surface area contributed by atoms with Gasteiger partial charge in [-0.2, -0.15) is 8.42 Å². The second kappa shape index (κ2) is 27.0. The molecule has 414 valence electrons. The molecule has 2 fully saturated rings. The van der Waals surface area contributed by atoms with Gasteiger partial charge in [-0.25, -0.2) is 4.79 Å². The molecule has 10 atom stereocenters. The van der Waals surface area contributed by atoms with Crippen LogP contribution in [0.5, 0.6) is 11.5 Å². The second-order valence-electron chi connectivity index (χ2n) is 24.8. The van der Waals surface area contributed by atoms with E-state index in [0.717, 1.165) is 44.8 Å². The minimum absolute atomic E-state index is 0.230. The molecule has 3 rings (SSSR count). The number of carbonyl (C=O) groups is 1. The predicted octanol–water partition coefficient (Wildman–Crippen LogP) is 10.7. The van der Waals surface area contributed by atoms with E-state index in [1.54, 1.807) is 12.1 Å². The lowest BCUT2D eigenvalue weighted by Crippen LogP contribution is -2.69. The topological polar surface area (TPSA) is 171 Å². The van der Waals surface area contributed by atoms with Gasteiger partial charge in [0.05, 0.1) is 31.6 Å². The van der Waals surface area contributed by atoms with Crippen molar-refractivity contribution in [2.24, 2.45) is 0 Å². The summed E-state index contributed by atoms with van der Waals surface area (Å²) in [5.74, 6) is 0.455. The van der Waals surface area contributed by atoms with E-state index in [-0.39, 0.29) is 18.8 Å². The molecule has 71 heavy (non-hydrogen) atoms. The van der Waals surface area contributed by atoms with Gasteiger partial charge in [0.1, 0.15) is 66.9 Å². The molecule has 0 unspecified atom stereocenters. The Hall–Kier alpha value is -0.859. The average molecular weight is 1130 g/mol. The van der Waals surface area contributed by atoms with Gasteiger partial charge in [0, 0.05) is 6.07 Å². The van der Waals surface area contributed by atoms with E-state index >= 15 is 0 Å². The lowest BCUT2D eigenvalue weighted by molar-refractivity contribution is -0.368. The first-order valence-corrected chi connectivity index (χ1v) is 48.1. The highest BCUT2D eigenvalue weighted by Crippen LogP contribution is 2.39. The smallest absolute Gasteiger partial charge is 0.338 e. The molecule has 16 nitrogen and oxygen atoms in total. The van der Waals surface area contributed by atoms with E-state index in [2.05, 4.69) is 132 Å². The summed E-state index contributed by atoms with van der Waals surface area (Å²) in [7, 11) is -18.4. The van der Waals surface area contributed by atoms with Crippen molar-refractivity contribution in [1.82, 2.24) is 0 Å². The normalized spacial score (nSPS) is 26.3. The molecule has 2 aliphatic heterocycles. The van der Waals surface area contributed by atoms with Gasteiger partial charge in [-0.1, -0.05) is 39.5 Å². The number of rotatable bonds is 30. The largest absolute Gasteiger partial charge is 0.493 e. The van der Waals surface area contributed by atoms with Gasteiger partial charge in [-0.05, 0) is 143 Å². The highest BCUT2D eigenvalue weighted by molar-refractivity contribution is 7.86. The van der Waals surface area contributed by atoms with Crippen molar-refractivity contribution in [3.63, 3.8) is 0 Å². The van der Waals surface area contributed by atoms with Crippen LogP contribution in [0.3, 0.4) is 0 Å². The first-order valence-electron chi connectivity index (χ1n) is 25.8. The second-order valence-corrected chi connectivity index (χ2v) is 53.2. The molecule has 0 bridgehead atoms. The minimum atomic E-state index is -3.90. The van der Waals surface area contributed by atoms with Crippen molar-refractivity contribution in [1.29, 1.82) is 0 Å². The Morgan fingerprint density at radius 3 is 1.17 bits per heavy atom. The van der Waals surface area contributed by atoms with Crippen LogP contribution in [0.2, 0.25) is 118 Å². The molecule has 1 aromatic carbocycles. The number of ether oxygens (including phenoxy) is 6. The number of hydrogen-bond acceptors (Lipinski definition) is 16. The molecule has 0 aliphatic carbocycles. The van der Waals surface area contributed by atoms with Crippen LogP contribution in [0.4, 0.5) is 0 Å². The summed E-state index contributed by atoms with van der Waals surface area (Å²) in [6.45, 7) is 42.2. The Balaban J connectivity index is 2.25. The summed E-state index contributed by atoms with van der Waals surface area (Å²) in [4.78, 5) is 14.3. The van der Waals surface area contributed by atoms with Gasteiger partial charge >= 0.3 is 5.97 Å². The third-order valence-electron chi connectivity index (χ3n) is 10.4. The number of esters is 1. The molecular weight excluding hydrogens is 1030 g/mol. The fraction of sp³-hybridized carbons (Fsp3) is 0.854. The zero-order valence-corrected chi connectivity index (χ0v) is 54.3. The fourth-order valence-corrected chi connectivity index (χ4v) is 14.9. The monoisotopic (exact) mass is 1130 g/mol. The lowest BCUT2D eigenvalue weighted by atomic mass is 9.98. The first-order chi connectivity index (χ1) is 32.4. The van der Waals surface area contributed by atoms with Crippen LogP contribution in [0.25, 0.3) is 0 Å². The Morgan fingerprint density at radius 1 is 0.493 bits per heavy atom. The van der Waals surface area contributed by atoms with Gasteiger partial charge in [0.25, 0.3) is 10.1 Å². The lowest BCUT2D eigenvalue weighted by Gasteiger charge is -2.53. The Labute approximate surface area is 435 Å². The van der Waals surface area contributed by atoms with Crippen LogP contribution in [0.15, 0.2) is 18.2 Å². The summed E-state index contributed by atoms with van der Waals surface area (Å²) in [5.41, 5.74) is 0.275. The molecule has 2 saturated heterocycles. The van der Waals surface area contributed by atoms with Crippen LogP contribution >= 0.6 is 0 Å². The molecule has 0 aromatic heterocycles. The maximum Gasteiger partial charge on any atom is 0.338 e. The van der Waals surface area contributed by atoms with Crippen molar-refractivity contribution in [2.75, 3.05) is 32.7 Å². The van der Waals surface area contributed by atoms with Crippen molar-refractivity contribution < 1.29 is 72.4 Å². The van der Waals surface area contributed by atoms with Crippen LogP contribution in [0, 0.1) is 0 Å². The quantitative estimate of drug-likeness (QED) is 0.0308. The third kappa shape index (κ3) is 24.8. The molecule has 0 N–H and O–H groups in total. The highest BCUT2D eigenvalue weighted by Gasteiger charge is 2.57. The molecule has 0 radical (unpaired) electrons. The van der Waals surface area contributed by atoms with E-state index in [1.165, 1.54) is 0 Å². The first kappa shape index (κ1) is 64.4. The van der Waals surface area contributed by atoms with Crippen molar-refractivity contribution in [3.05, 3.63) is 23.8 Å². The fourth-order valence-electron chi connectivity index (χ4n) is 8.00. The van der Waals surface area contributed by atoms with E-state index in [9.17, 15) is 13.2 Å². The molecule has 23 heteroatoms. The summed E-state index contributed by atoms with van der Waals surface area (Å²) in [5, 5.41) is 0. The number of hydrogen-bond donors (Lipinski definition) is 0. The summed E-state index contributed by atoms with van der Waals surface area (Å²) in [6.07, 6.45) is -2.11. The van der Waals surface area contributed by atoms with E-state index in [1.807, 2.05) is 6.07 Å². The predicted molar refractivity (Wildman–Crippen MR) is 295 cm³/mol. The van der Waals surface area contributed by atoms with Crippen molar-refractivity contribution >= 4 is 66.0 Å². The molecule has 2 heterocycles. The molecule has 0 amide bonds. The summed E-state index contributed by atoms with van der Waals surface area (Å²) in [6, 6.07) is 5.19. The molecule has 2 aliphatic rings. The molecule has 1 aromatic rings. The van der Waals surface area contributed by atoms with Gasteiger partial charge in [-0.15, -0.1) is 0 Å². The standard InChI is InChI=1S/C48H96O16SSi6/c1-22-24-26-28-52-36-30-35(31-37(32-36)53-29-27-25-23-2)46(49)54-33-38-40(59-66(4,5)6)42(61-68(10,11)12)44(63-70(16,17)18)47(56-38)58-48-45(64-71(19,20)21)43(62-69(13,14)15)41(60-67(7,8)9)39(57-48)34-55-65(3,50)51/h30-32,38-45,47-48H,22-29,33-34H2,1-21H3/t38-,39-,40-,41-,42+,43+,44-,45-,47-,48-/m1/s1. The molecule has 0 spiro atoms. The van der Waals surface area contributed by atoms with Gasteiger partial charge in [0.15, 0.2) is 62.5 Å². The Morgan fingerprint density at radius 2 is 0.831 bits per heavy atom. The third-order valence-corrected chi connectivity index (χ3v) is 16.8. The maximum atomic E-state index is 14.3. The highest BCUT2D eigenvalue weighted by atomic mass is 32.2. The zero-order chi connectivity index (χ0) is 54.0. The van der Waals surface area contributed by atoms with Gasteiger partial charge in [0.2, 0.25) is 0 Å². The van der Waals surface area contributed by atoms with Crippen LogP contribution < -0.4 is 9.47 Å². The van der Waals surface area contributed by atoms with Crippen LogP contribution in [0.1, 0.15) is 62.7 Å². The minimum Gasteiger partial charge on any atom is -0.493 e. The van der Waals surface area contributed by atoms with Gasteiger partial charge < -0.3 is 55.0 Å². The summed E-state index contributed by atoms with van der Waals surface area (Å²) < 4.78 is 113. The van der Waals surface area contributed by atoms with E-state index < -0.39 is 127 Å². The SMILES string of the molecule is CCCCCOc1cc(OCCCCC)cc(C(=O)OC[C@H]2O[C@H](O[C@H]3O[C@H](COS(C)(=O)=O)[C@@H](O[Si](C)(C)C)[C@H](O[Si](C)(C)C)[C@H]3O[Si](C)(C)C)[C@H](O[Si](C)(C)C)[C@@H](O[Si](C)(C)C)[C@@H]2O[Si](C)(C)C)c1. The molecular formula is C48H96O16SSi6. The number of benzene rings is 1. The van der Waals surface area contributed by atoms with E-state index in [0.29, 0.717) is 24.7 Å².